The number of benzene rings is 1. The largest absolute Gasteiger partial charge is 0.496 e. The van der Waals surface area contributed by atoms with E-state index in [1.165, 1.54) is 18.4 Å². The molecule has 2 aliphatic rings. The minimum atomic E-state index is 0.468. The Morgan fingerprint density at radius 1 is 1.32 bits per heavy atom. The fourth-order valence-electron chi connectivity index (χ4n) is 3.06. The van der Waals surface area contributed by atoms with E-state index in [1.54, 1.807) is 7.11 Å². The zero-order valence-corrected chi connectivity index (χ0v) is 12.1. The second-order valence-corrected chi connectivity index (χ2v) is 5.89. The van der Waals surface area contributed by atoms with E-state index in [0.29, 0.717) is 6.04 Å². The van der Waals surface area contributed by atoms with Gasteiger partial charge in [0.25, 0.3) is 0 Å². The van der Waals surface area contributed by atoms with Crippen LogP contribution in [0.15, 0.2) is 18.2 Å². The third-order valence-electron chi connectivity index (χ3n) is 4.12. The molecule has 3 rings (SSSR count). The molecule has 19 heavy (non-hydrogen) atoms. The van der Waals surface area contributed by atoms with Crippen LogP contribution in [-0.2, 0) is 0 Å². The van der Waals surface area contributed by atoms with Crippen molar-refractivity contribution in [2.45, 2.75) is 18.9 Å². The predicted octanol–water partition coefficient (Wildman–Crippen LogP) is 2.70. The van der Waals surface area contributed by atoms with Gasteiger partial charge >= 0.3 is 0 Å². The smallest absolute Gasteiger partial charge is 0.123 e. The highest BCUT2D eigenvalue weighted by atomic mass is 35.5. The Morgan fingerprint density at radius 3 is 2.68 bits per heavy atom. The van der Waals surface area contributed by atoms with Crippen LogP contribution >= 0.6 is 11.6 Å². The normalized spacial score (nSPS) is 22.2. The third kappa shape index (κ3) is 2.88. The van der Waals surface area contributed by atoms with Crippen LogP contribution in [0.3, 0.4) is 0 Å². The first-order chi connectivity index (χ1) is 9.29. The molecule has 2 fully saturated rings. The number of hydrogen-bond acceptors (Lipinski definition) is 3. The van der Waals surface area contributed by atoms with Crippen molar-refractivity contribution in [1.82, 2.24) is 10.2 Å². The summed E-state index contributed by atoms with van der Waals surface area (Å²) in [6.07, 6.45) is 2.65. The Hall–Kier alpha value is -0.770. The van der Waals surface area contributed by atoms with Gasteiger partial charge in [-0.2, -0.15) is 0 Å². The van der Waals surface area contributed by atoms with Gasteiger partial charge in [-0.1, -0.05) is 11.6 Å². The molecule has 1 heterocycles. The molecular weight excluding hydrogens is 260 g/mol. The van der Waals surface area contributed by atoms with Crippen molar-refractivity contribution < 1.29 is 4.74 Å². The SMILES string of the molecule is COc1ccc(Cl)cc1[C@H](C1CC1)N1CCNCC1. The maximum atomic E-state index is 6.20. The second kappa shape index (κ2) is 5.70. The lowest BCUT2D eigenvalue weighted by Crippen LogP contribution is -2.45. The van der Waals surface area contributed by atoms with Crippen molar-refractivity contribution in [3.8, 4) is 5.75 Å². The summed E-state index contributed by atoms with van der Waals surface area (Å²) < 4.78 is 5.55. The summed E-state index contributed by atoms with van der Waals surface area (Å²) in [6.45, 7) is 4.37. The molecule has 0 aromatic heterocycles. The van der Waals surface area contributed by atoms with E-state index in [0.717, 1.165) is 42.9 Å². The maximum Gasteiger partial charge on any atom is 0.123 e. The Kier molecular flexibility index (Phi) is 3.96. The lowest BCUT2D eigenvalue weighted by molar-refractivity contribution is 0.153. The summed E-state index contributed by atoms with van der Waals surface area (Å²) in [7, 11) is 1.74. The number of rotatable bonds is 4. The molecule has 1 atom stereocenters. The number of halogens is 1. The standard InChI is InChI=1S/C15H21ClN2O/c1-19-14-5-4-12(16)10-13(14)15(11-2-3-11)18-8-6-17-7-9-18/h4-5,10-11,15,17H,2-3,6-9H2,1H3/t15-/m0/s1. The monoisotopic (exact) mass is 280 g/mol. The van der Waals surface area contributed by atoms with Gasteiger partial charge in [-0.3, -0.25) is 4.90 Å². The summed E-state index contributed by atoms with van der Waals surface area (Å²) in [6, 6.07) is 6.46. The van der Waals surface area contributed by atoms with Crippen LogP contribution in [0.25, 0.3) is 0 Å². The molecule has 4 heteroatoms. The van der Waals surface area contributed by atoms with Gasteiger partial charge in [0.05, 0.1) is 7.11 Å². The molecule has 1 saturated carbocycles. The van der Waals surface area contributed by atoms with Crippen LogP contribution in [0, 0.1) is 5.92 Å². The Balaban J connectivity index is 1.92. The number of nitrogens with zero attached hydrogens (tertiary/aromatic N) is 1. The maximum absolute atomic E-state index is 6.20. The molecule has 1 aromatic carbocycles. The highest BCUT2D eigenvalue weighted by Gasteiger charge is 2.38. The van der Waals surface area contributed by atoms with Crippen LogP contribution < -0.4 is 10.1 Å². The lowest BCUT2D eigenvalue weighted by atomic mass is 9.98. The number of nitrogens with one attached hydrogen (secondary N) is 1. The highest BCUT2D eigenvalue weighted by molar-refractivity contribution is 6.30. The quantitative estimate of drug-likeness (QED) is 0.918. The minimum Gasteiger partial charge on any atom is -0.496 e. The molecule has 1 N–H and O–H groups in total. The summed E-state index contributed by atoms with van der Waals surface area (Å²) >= 11 is 6.20. The van der Waals surface area contributed by atoms with Crippen LogP contribution in [0.2, 0.25) is 5.02 Å². The summed E-state index contributed by atoms with van der Waals surface area (Å²) in [5, 5.41) is 4.22. The van der Waals surface area contributed by atoms with Crippen molar-refractivity contribution in [3.05, 3.63) is 28.8 Å². The number of ether oxygens (including phenoxy) is 1. The van der Waals surface area contributed by atoms with Gasteiger partial charge in [0.2, 0.25) is 0 Å². The van der Waals surface area contributed by atoms with Crippen LogP contribution in [-0.4, -0.2) is 38.2 Å². The zero-order valence-electron chi connectivity index (χ0n) is 11.4. The van der Waals surface area contributed by atoms with Gasteiger partial charge in [-0.25, -0.2) is 0 Å². The molecule has 0 amide bonds. The first-order valence-electron chi connectivity index (χ1n) is 7.08. The van der Waals surface area contributed by atoms with Crippen molar-refractivity contribution in [2.75, 3.05) is 33.3 Å². The van der Waals surface area contributed by atoms with Crippen molar-refractivity contribution >= 4 is 11.6 Å². The van der Waals surface area contributed by atoms with E-state index >= 15 is 0 Å². The highest BCUT2D eigenvalue weighted by Crippen LogP contribution is 2.47. The molecule has 1 saturated heterocycles. The van der Waals surface area contributed by atoms with E-state index in [4.69, 9.17) is 16.3 Å². The second-order valence-electron chi connectivity index (χ2n) is 5.45. The third-order valence-corrected chi connectivity index (χ3v) is 4.36. The van der Waals surface area contributed by atoms with E-state index in [-0.39, 0.29) is 0 Å². The number of piperazine rings is 1. The average Bonchev–Trinajstić information content (AvgIpc) is 3.25. The average molecular weight is 281 g/mol. The number of hydrogen-bond donors (Lipinski definition) is 1. The first kappa shape index (κ1) is 13.2. The van der Waals surface area contributed by atoms with E-state index < -0.39 is 0 Å². The van der Waals surface area contributed by atoms with E-state index in [1.807, 2.05) is 12.1 Å². The summed E-state index contributed by atoms with van der Waals surface area (Å²) in [5.41, 5.74) is 1.26. The van der Waals surface area contributed by atoms with Crippen molar-refractivity contribution in [2.24, 2.45) is 5.92 Å². The Bertz CT molecular complexity index is 442. The topological polar surface area (TPSA) is 24.5 Å². The van der Waals surface area contributed by atoms with Gasteiger partial charge in [-0.15, -0.1) is 0 Å². The first-order valence-corrected chi connectivity index (χ1v) is 7.45. The fraction of sp³-hybridized carbons (Fsp3) is 0.600. The molecule has 104 valence electrons. The van der Waals surface area contributed by atoms with Gasteiger partial charge in [0, 0.05) is 42.8 Å². The molecule has 1 aliphatic heterocycles. The summed E-state index contributed by atoms with van der Waals surface area (Å²) in [5.74, 6) is 1.74. The van der Waals surface area contributed by atoms with Crippen molar-refractivity contribution in [3.63, 3.8) is 0 Å². The van der Waals surface area contributed by atoms with Crippen LogP contribution in [0.5, 0.6) is 5.75 Å². The van der Waals surface area contributed by atoms with Crippen molar-refractivity contribution in [1.29, 1.82) is 0 Å². The minimum absolute atomic E-state index is 0.468. The number of methoxy groups -OCH3 is 1. The predicted molar refractivity (Wildman–Crippen MR) is 77.9 cm³/mol. The summed E-state index contributed by atoms with van der Waals surface area (Å²) in [4.78, 5) is 2.59. The van der Waals surface area contributed by atoms with Crippen LogP contribution in [0.4, 0.5) is 0 Å². The van der Waals surface area contributed by atoms with E-state index in [2.05, 4.69) is 16.3 Å². The fourth-order valence-corrected chi connectivity index (χ4v) is 3.24. The van der Waals surface area contributed by atoms with Gasteiger partial charge in [0.15, 0.2) is 0 Å². The lowest BCUT2D eigenvalue weighted by Gasteiger charge is -2.36. The van der Waals surface area contributed by atoms with Gasteiger partial charge in [0.1, 0.15) is 5.75 Å². The molecule has 1 aromatic rings. The van der Waals surface area contributed by atoms with Crippen LogP contribution in [0.1, 0.15) is 24.4 Å². The molecular formula is C15H21ClN2O. The van der Waals surface area contributed by atoms with Gasteiger partial charge < -0.3 is 10.1 Å². The molecule has 0 spiro atoms. The molecule has 0 radical (unpaired) electrons. The molecule has 0 unspecified atom stereocenters. The molecule has 3 nitrogen and oxygen atoms in total. The molecule has 1 aliphatic carbocycles. The molecule has 0 bridgehead atoms. The zero-order chi connectivity index (χ0) is 13.2. The van der Waals surface area contributed by atoms with Gasteiger partial charge in [-0.05, 0) is 37.0 Å². The Labute approximate surface area is 119 Å². The van der Waals surface area contributed by atoms with E-state index in [9.17, 15) is 0 Å². The Morgan fingerprint density at radius 2 is 2.05 bits per heavy atom.